The van der Waals surface area contributed by atoms with E-state index in [1.54, 1.807) is 6.26 Å². The van der Waals surface area contributed by atoms with Gasteiger partial charge in [0.2, 0.25) is 0 Å². The third-order valence-corrected chi connectivity index (χ3v) is 4.33. The van der Waals surface area contributed by atoms with Crippen LogP contribution in [-0.2, 0) is 11.8 Å². The number of anilines is 1. The molecule has 0 amide bonds. The first-order chi connectivity index (χ1) is 9.14. The predicted molar refractivity (Wildman–Crippen MR) is 76.6 cm³/mol. The Bertz CT molecular complexity index is 590. The monoisotopic (exact) mass is 256 g/mol. The molecule has 1 aromatic heterocycles. The lowest BCUT2D eigenvalue weighted by Gasteiger charge is -2.37. The lowest BCUT2D eigenvalue weighted by Crippen LogP contribution is -2.32. The first-order valence-corrected chi connectivity index (χ1v) is 6.84. The van der Waals surface area contributed by atoms with Crippen molar-refractivity contribution in [3.05, 3.63) is 47.3 Å². The molecule has 0 radical (unpaired) electrons. The van der Waals surface area contributed by atoms with Crippen LogP contribution in [0.5, 0.6) is 0 Å². The molecule has 100 valence electrons. The van der Waals surface area contributed by atoms with Crippen molar-refractivity contribution in [3.8, 4) is 0 Å². The normalized spacial score (nSPS) is 25.9. The van der Waals surface area contributed by atoms with Crippen LogP contribution in [-0.4, -0.2) is 12.2 Å². The Labute approximate surface area is 114 Å². The molecule has 0 aliphatic heterocycles. The van der Waals surface area contributed by atoms with Gasteiger partial charge in [0.1, 0.15) is 12.0 Å². The average Bonchev–Trinajstić information content (AvgIpc) is 2.87. The largest absolute Gasteiger partial charge is 0.384 e. The van der Waals surface area contributed by atoms with E-state index in [1.165, 1.54) is 11.1 Å². The van der Waals surface area contributed by atoms with E-state index < -0.39 is 0 Å². The van der Waals surface area contributed by atoms with Crippen molar-refractivity contribution < 1.29 is 4.52 Å². The second kappa shape index (κ2) is 4.41. The minimum Gasteiger partial charge on any atom is -0.384 e. The van der Waals surface area contributed by atoms with Crippen LogP contribution >= 0.6 is 0 Å². The number of hydrogen-bond acceptors (Lipinski definition) is 3. The lowest BCUT2D eigenvalue weighted by molar-refractivity contribution is 0.331. The fraction of sp³-hybridized carbons (Fsp3) is 0.438. The topological polar surface area (TPSA) is 38.1 Å². The molecule has 0 fully saturated rings. The van der Waals surface area contributed by atoms with Gasteiger partial charge in [0.05, 0.1) is 5.69 Å². The molecule has 0 spiro atoms. The zero-order chi connectivity index (χ0) is 13.5. The van der Waals surface area contributed by atoms with Crippen molar-refractivity contribution in [1.82, 2.24) is 5.16 Å². The van der Waals surface area contributed by atoms with Crippen molar-refractivity contribution in [2.24, 2.45) is 0 Å². The molecule has 0 bridgehead atoms. The van der Waals surface area contributed by atoms with Crippen LogP contribution in [0.3, 0.4) is 0 Å². The number of nitrogens with one attached hydrogen (secondary N) is 1. The van der Waals surface area contributed by atoms with Crippen molar-refractivity contribution in [2.45, 2.75) is 38.0 Å². The molecule has 19 heavy (non-hydrogen) atoms. The Hall–Kier alpha value is -1.77. The fourth-order valence-electron chi connectivity index (χ4n) is 3.48. The minimum absolute atomic E-state index is 0.0408. The third-order valence-electron chi connectivity index (χ3n) is 4.33. The maximum Gasteiger partial charge on any atom is 0.147 e. The van der Waals surface area contributed by atoms with Crippen LogP contribution in [0.2, 0.25) is 0 Å². The van der Waals surface area contributed by atoms with Gasteiger partial charge in [-0.05, 0) is 29.9 Å². The highest BCUT2D eigenvalue weighted by molar-refractivity contribution is 5.50. The molecule has 1 N–H and O–H groups in total. The molecule has 0 saturated carbocycles. The standard InChI is InChI=1S/C16H20N2O/c1-11-8-16(2,15-14(17-3)10-19-18-15)9-12-6-4-5-7-13(11)12/h4-7,10-11,17H,8-9H2,1-3H3. The molecular weight excluding hydrogens is 236 g/mol. The molecule has 3 heteroatoms. The molecule has 2 aromatic rings. The van der Waals surface area contributed by atoms with Gasteiger partial charge in [-0.15, -0.1) is 0 Å². The van der Waals surface area contributed by atoms with Crippen LogP contribution < -0.4 is 5.32 Å². The van der Waals surface area contributed by atoms with E-state index >= 15 is 0 Å². The summed E-state index contributed by atoms with van der Waals surface area (Å²) in [5.74, 6) is 0.552. The summed E-state index contributed by atoms with van der Waals surface area (Å²) in [5, 5.41) is 7.43. The zero-order valence-corrected chi connectivity index (χ0v) is 11.7. The molecule has 1 aromatic carbocycles. The maximum absolute atomic E-state index is 5.17. The van der Waals surface area contributed by atoms with Gasteiger partial charge in [0.25, 0.3) is 0 Å². The Morgan fingerprint density at radius 2 is 2.16 bits per heavy atom. The molecule has 1 aliphatic rings. The predicted octanol–water partition coefficient (Wildman–Crippen LogP) is 3.72. The van der Waals surface area contributed by atoms with Crippen molar-refractivity contribution in [1.29, 1.82) is 0 Å². The number of aromatic nitrogens is 1. The Balaban J connectivity index is 2.04. The number of nitrogens with zero attached hydrogens (tertiary/aromatic N) is 1. The van der Waals surface area contributed by atoms with Crippen LogP contribution in [0.25, 0.3) is 0 Å². The molecule has 3 rings (SSSR count). The molecule has 0 saturated heterocycles. The van der Waals surface area contributed by atoms with Crippen molar-refractivity contribution in [3.63, 3.8) is 0 Å². The maximum atomic E-state index is 5.17. The smallest absolute Gasteiger partial charge is 0.147 e. The third kappa shape index (κ3) is 1.93. The lowest BCUT2D eigenvalue weighted by atomic mass is 9.67. The molecule has 2 atom stereocenters. The van der Waals surface area contributed by atoms with E-state index in [1.807, 2.05) is 7.05 Å². The zero-order valence-electron chi connectivity index (χ0n) is 11.7. The summed E-state index contributed by atoms with van der Waals surface area (Å²) in [6.07, 6.45) is 3.83. The summed E-state index contributed by atoms with van der Waals surface area (Å²) in [6.45, 7) is 4.59. The highest BCUT2D eigenvalue weighted by atomic mass is 16.5. The summed E-state index contributed by atoms with van der Waals surface area (Å²) < 4.78 is 5.17. The van der Waals surface area contributed by atoms with Gasteiger partial charge in [0, 0.05) is 12.5 Å². The van der Waals surface area contributed by atoms with Gasteiger partial charge in [-0.3, -0.25) is 0 Å². The number of benzene rings is 1. The van der Waals surface area contributed by atoms with Crippen LogP contribution in [0, 0.1) is 0 Å². The number of hydrogen-bond donors (Lipinski definition) is 1. The van der Waals surface area contributed by atoms with E-state index in [-0.39, 0.29) is 5.41 Å². The molecular formula is C16H20N2O. The van der Waals surface area contributed by atoms with Crippen LogP contribution in [0.15, 0.2) is 35.1 Å². The van der Waals surface area contributed by atoms with E-state index in [4.69, 9.17) is 4.52 Å². The molecule has 3 nitrogen and oxygen atoms in total. The van der Waals surface area contributed by atoms with Crippen molar-refractivity contribution in [2.75, 3.05) is 12.4 Å². The van der Waals surface area contributed by atoms with Gasteiger partial charge in [-0.25, -0.2) is 0 Å². The minimum atomic E-state index is 0.0408. The Morgan fingerprint density at radius 3 is 2.95 bits per heavy atom. The van der Waals surface area contributed by atoms with Crippen LogP contribution in [0.1, 0.15) is 43.0 Å². The Morgan fingerprint density at radius 1 is 1.37 bits per heavy atom. The summed E-state index contributed by atoms with van der Waals surface area (Å²) in [7, 11) is 1.92. The van der Waals surface area contributed by atoms with E-state index in [9.17, 15) is 0 Å². The summed E-state index contributed by atoms with van der Waals surface area (Å²) in [6, 6.07) is 8.75. The second-order valence-corrected chi connectivity index (χ2v) is 5.87. The molecule has 1 aliphatic carbocycles. The highest BCUT2D eigenvalue weighted by Gasteiger charge is 2.38. The summed E-state index contributed by atoms with van der Waals surface area (Å²) >= 11 is 0. The first-order valence-electron chi connectivity index (χ1n) is 6.84. The summed E-state index contributed by atoms with van der Waals surface area (Å²) in [4.78, 5) is 0. The second-order valence-electron chi connectivity index (χ2n) is 5.87. The molecule has 2 unspecified atom stereocenters. The van der Waals surface area contributed by atoms with E-state index in [0.717, 1.165) is 24.2 Å². The number of fused-ring (bicyclic) bond motifs is 1. The fourth-order valence-corrected chi connectivity index (χ4v) is 3.48. The van der Waals surface area contributed by atoms with Gasteiger partial charge >= 0.3 is 0 Å². The average molecular weight is 256 g/mol. The van der Waals surface area contributed by atoms with Gasteiger partial charge in [0.15, 0.2) is 0 Å². The van der Waals surface area contributed by atoms with Crippen molar-refractivity contribution >= 4 is 5.69 Å². The SMILES string of the molecule is CNc1conc1C1(C)Cc2ccccc2C(C)C1. The van der Waals surface area contributed by atoms with E-state index in [2.05, 4.69) is 48.6 Å². The van der Waals surface area contributed by atoms with Gasteiger partial charge in [-0.1, -0.05) is 43.3 Å². The van der Waals surface area contributed by atoms with E-state index in [0.29, 0.717) is 5.92 Å². The quantitative estimate of drug-likeness (QED) is 0.889. The Kier molecular flexibility index (Phi) is 2.85. The first kappa shape index (κ1) is 12.3. The van der Waals surface area contributed by atoms with Crippen LogP contribution in [0.4, 0.5) is 5.69 Å². The van der Waals surface area contributed by atoms with Gasteiger partial charge < -0.3 is 9.84 Å². The molecule has 1 heterocycles. The summed E-state index contributed by atoms with van der Waals surface area (Å²) in [5.41, 5.74) is 5.02. The highest BCUT2D eigenvalue weighted by Crippen LogP contribution is 2.45. The van der Waals surface area contributed by atoms with Gasteiger partial charge in [-0.2, -0.15) is 0 Å². The number of rotatable bonds is 2.